The number of amides is 1. The number of carbonyl (C=O) groups excluding carboxylic acids is 1. The van der Waals surface area contributed by atoms with Gasteiger partial charge in [-0.3, -0.25) is 4.79 Å². The van der Waals surface area contributed by atoms with Crippen molar-refractivity contribution in [2.24, 2.45) is 7.05 Å². The maximum atomic E-state index is 13.1. The molecule has 0 aliphatic carbocycles. The van der Waals surface area contributed by atoms with Gasteiger partial charge in [-0.25, -0.2) is 0 Å². The average Bonchev–Trinajstić information content (AvgIpc) is 2.96. The van der Waals surface area contributed by atoms with Crippen LogP contribution in [-0.4, -0.2) is 29.1 Å². The summed E-state index contributed by atoms with van der Waals surface area (Å²) in [6, 6.07) is 16.7. The van der Waals surface area contributed by atoms with Crippen LogP contribution >= 0.6 is 11.6 Å². The van der Waals surface area contributed by atoms with E-state index in [0.717, 1.165) is 34.9 Å². The molecule has 2 aromatic carbocycles. The largest absolute Gasteiger partial charge is 0.351 e. The maximum Gasteiger partial charge on any atom is 0.268 e. The molecule has 0 aliphatic rings. The molecule has 1 aromatic heterocycles. The van der Waals surface area contributed by atoms with Crippen LogP contribution in [0.1, 0.15) is 44.1 Å². The number of hydrogen-bond donors (Lipinski definition) is 2. The summed E-state index contributed by atoms with van der Waals surface area (Å²) in [4.78, 5) is 13.1. The zero-order valence-electron chi connectivity index (χ0n) is 17.6. The first-order valence-electron chi connectivity index (χ1n) is 10.3. The second kappa shape index (κ2) is 9.47. The van der Waals surface area contributed by atoms with Crippen molar-refractivity contribution in [1.82, 2.24) is 15.2 Å². The van der Waals surface area contributed by atoms with Crippen molar-refractivity contribution in [1.29, 1.82) is 0 Å². The summed E-state index contributed by atoms with van der Waals surface area (Å²) in [5, 5.41) is 9.17. The molecule has 0 spiro atoms. The van der Waals surface area contributed by atoms with Crippen molar-refractivity contribution in [2.75, 3.05) is 6.54 Å². The molecule has 0 radical (unpaired) electrons. The van der Waals surface area contributed by atoms with Crippen LogP contribution < -0.4 is 10.6 Å². The second-order valence-electron chi connectivity index (χ2n) is 7.93. The number of benzene rings is 2. The van der Waals surface area contributed by atoms with Gasteiger partial charge in [0, 0.05) is 41.5 Å². The van der Waals surface area contributed by atoms with Crippen molar-refractivity contribution >= 4 is 28.3 Å². The van der Waals surface area contributed by atoms with Gasteiger partial charge in [0.2, 0.25) is 0 Å². The molecule has 154 valence electrons. The molecular formula is C24H30ClN3O. The molecule has 0 fully saturated rings. The van der Waals surface area contributed by atoms with Gasteiger partial charge >= 0.3 is 0 Å². The Morgan fingerprint density at radius 2 is 1.79 bits per heavy atom. The Kier molecular flexibility index (Phi) is 6.99. The molecule has 0 aliphatic heterocycles. The van der Waals surface area contributed by atoms with Gasteiger partial charge in [0.05, 0.1) is 5.69 Å². The fraction of sp³-hybridized carbons (Fsp3) is 0.375. The van der Waals surface area contributed by atoms with Crippen molar-refractivity contribution in [3.05, 3.63) is 59.2 Å². The number of hydrogen-bond acceptors (Lipinski definition) is 2. The van der Waals surface area contributed by atoms with E-state index < -0.39 is 0 Å². The normalized spacial score (nSPS) is 12.5. The lowest BCUT2D eigenvalue weighted by Gasteiger charge is -2.16. The van der Waals surface area contributed by atoms with E-state index in [9.17, 15) is 4.79 Å². The molecule has 0 saturated heterocycles. The Morgan fingerprint density at radius 3 is 2.48 bits per heavy atom. The van der Waals surface area contributed by atoms with Gasteiger partial charge in [-0.15, -0.1) is 0 Å². The molecule has 1 heterocycles. The SMILES string of the molecule is CC(C)NC(C)CCCNC(=O)c1c2ccc(Cl)cc2c(-c2ccccc2)n1C. The van der Waals surface area contributed by atoms with Gasteiger partial charge < -0.3 is 15.2 Å². The summed E-state index contributed by atoms with van der Waals surface area (Å²) >= 11 is 6.27. The zero-order valence-corrected chi connectivity index (χ0v) is 18.4. The highest BCUT2D eigenvalue weighted by atomic mass is 35.5. The Balaban J connectivity index is 1.82. The monoisotopic (exact) mass is 411 g/mol. The fourth-order valence-electron chi connectivity index (χ4n) is 3.96. The molecule has 3 rings (SSSR count). The first kappa shape index (κ1) is 21.4. The molecule has 0 saturated carbocycles. The molecular weight excluding hydrogens is 382 g/mol. The van der Waals surface area contributed by atoms with E-state index in [1.807, 2.05) is 48.0 Å². The minimum absolute atomic E-state index is 0.0496. The number of carbonyl (C=O) groups is 1. The predicted octanol–water partition coefficient (Wildman–Crippen LogP) is 5.40. The molecule has 2 N–H and O–H groups in total. The third kappa shape index (κ3) is 5.01. The van der Waals surface area contributed by atoms with Gasteiger partial charge in [0.1, 0.15) is 5.69 Å². The van der Waals surface area contributed by atoms with Gasteiger partial charge in [0.25, 0.3) is 5.91 Å². The minimum Gasteiger partial charge on any atom is -0.351 e. The summed E-state index contributed by atoms with van der Waals surface area (Å²) in [6.07, 6.45) is 1.96. The molecule has 4 nitrogen and oxygen atoms in total. The highest BCUT2D eigenvalue weighted by molar-refractivity contribution is 6.31. The number of nitrogens with one attached hydrogen (secondary N) is 2. The summed E-state index contributed by atoms with van der Waals surface area (Å²) in [5.74, 6) is -0.0496. The van der Waals surface area contributed by atoms with Gasteiger partial charge in [0.15, 0.2) is 0 Å². The standard InChI is InChI=1S/C24H30ClN3O/c1-16(2)27-17(3)9-8-14-26-24(29)23-20-13-12-19(25)15-21(20)22(28(23)4)18-10-6-5-7-11-18/h5-7,10-13,15-17,27H,8-9,14H2,1-4H3,(H,26,29). The Labute approximate surface area is 178 Å². The van der Waals surface area contributed by atoms with Crippen LogP contribution in [0.4, 0.5) is 0 Å². The second-order valence-corrected chi connectivity index (χ2v) is 8.37. The Hall–Kier alpha value is -2.30. The van der Waals surface area contributed by atoms with E-state index in [4.69, 9.17) is 11.6 Å². The Bertz CT molecular complexity index is 979. The molecule has 1 atom stereocenters. The van der Waals surface area contributed by atoms with Crippen LogP contribution in [0.3, 0.4) is 0 Å². The number of halogens is 1. The van der Waals surface area contributed by atoms with Crippen molar-refractivity contribution in [2.45, 2.75) is 45.7 Å². The van der Waals surface area contributed by atoms with E-state index in [1.54, 1.807) is 0 Å². The predicted molar refractivity (Wildman–Crippen MR) is 123 cm³/mol. The van der Waals surface area contributed by atoms with Crippen molar-refractivity contribution < 1.29 is 4.79 Å². The third-order valence-electron chi connectivity index (χ3n) is 5.14. The molecule has 29 heavy (non-hydrogen) atoms. The van der Waals surface area contributed by atoms with E-state index in [1.165, 1.54) is 0 Å². The van der Waals surface area contributed by atoms with E-state index in [-0.39, 0.29) is 5.91 Å². The van der Waals surface area contributed by atoms with Crippen LogP contribution in [0, 0.1) is 0 Å². The summed E-state index contributed by atoms with van der Waals surface area (Å²) in [6.45, 7) is 7.14. The van der Waals surface area contributed by atoms with E-state index >= 15 is 0 Å². The first-order valence-corrected chi connectivity index (χ1v) is 10.6. The summed E-state index contributed by atoms with van der Waals surface area (Å²) in [5.41, 5.74) is 2.74. The number of fused-ring (bicyclic) bond motifs is 1. The smallest absolute Gasteiger partial charge is 0.268 e. The van der Waals surface area contributed by atoms with Gasteiger partial charge in [-0.1, -0.05) is 61.8 Å². The van der Waals surface area contributed by atoms with Crippen LogP contribution in [0.5, 0.6) is 0 Å². The molecule has 5 heteroatoms. The van der Waals surface area contributed by atoms with E-state index in [0.29, 0.717) is 29.3 Å². The number of rotatable bonds is 8. The van der Waals surface area contributed by atoms with Gasteiger partial charge in [-0.05, 0) is 37.5 Å². The van der Waals surface area contributed by atoms with E-state index in [2.05, 4.69) is 43.5 Å². The van der Waals surface area contributed by atoms with Crippen molar-refractivity contribution in [3.8, 4) is 11.3 Å². The topological polar surface area (TPSA) is 46.1 Å². The molecule has 3 aromatic rings. The fourth-order valence-corrected chi connectivity index (χ4v) is 4.13. The van der Waals surface area contributed by atoms with Gasteiger partial charge in [-0.2, -0.15) is 0 Å². The summed E-state index contributed by atoms with van der Waals surface area (Å²) in [7, 11) is 1.94. The lowest BCUT2D eigenvalue weighted by atomic mass is 10.1. The molecule has 1 amide bonds. The first-order chi connectivity index (χ1) is 13.9. The van der Waals surface area contributed by atoms with Crippen LogP contribution in [0.25, 0.3) is 22.0 Å². The highest BCUT2D eigenvalue weighted by Gasteiger charge is 2.21. The quantitative estimate of drug-likeness (QED) is 0.488. The lowest BCUT2D eigenvalue weighted by Crippen LogP contribution is -2.33. The Morgan fingerprint density at radius 1 is 1.07 bits per heavy atom. The third-order valence-corrected chi connectivity index (χ3v) is 5.38. The molecule has 1 unspecified atom stereocenters. The lowest BCUT2D eigenvalue weighted by molar-refractivity contribution is 0.0946. The molecule has 0 bridgehead atoms. The average molecular weight is 412 g/mol. The highest BCUT2D eigenvalue weighted by Crippen LogP contribution is 2.35. The minimum atomic E-state index is -0.0496. The van der Waals surface area contributed by atoms with Crippen LogP contribution in [0.2, 0.25) is 5.02 Å². The van der Waals surface area contributed by atoms with Crippen LogP contribution in [0.15, 0.2) is 48.5 Å². The van der Waals surface area contributed by atoms with Crippen molar-refractivity contribution in [3.63, 3.8) is 0 Å². The number of nitrogens with zero attached hydrogens (tertiary/aromatic N) is 1. The summed E-state index contributed by atoms with van der Waals surface area (Å²) < 4.78 is 1.98. The maximum absolute atomic E-state index is 13.1. The zero-order chi connectivity index (χ0) is 21.0. The number of aromatic nitrogens is 1. The van der Waals surface area contributed by atoms with Crippen LogP contribution in [-0.2, 0) is 7.05 Å².